The molecule has 2 aromatic rings. The first-order chi connectivity index (χ1) is 9.74. The summed E-state index contributed by atoms with van der Waals surface area (Å²) in [6.07, 6.45) is 1.41. The topological polar surface area (TPSA) is 84.4 Å². The van der Waals surface area contributed by atoms with E-state index in [-0.39, 0.29) is 5.91 Å². The van der Waals surface area contributed by atoms with Crippen LogP contribution in [0.15, 0.2) is 34.9 Å². The van der Waals surface area contributed by atoms with Crippen LogP contribution < -0.4 is 11.1 Å². The molecule has 0 aliphatic carbocycles. The van der Waals surface area contributed by atoms with Gasteiger partial charge in [-0.3, -0.25) is 4.79 Å². The normalized spacial score (nSPS) is 15.3. The van der Waals surface area contributed by atoms with E-state index in [0.29, 0.717) is 30.4 Å². The second-order valence-corrected chi connectivity index (χ2v) is 4.71. The van der Waals surface area contributed by atoms with Crippen LogP contribution >= 0.6 is 0 Å². The summed E-state index contributed by atoms with van der Waals surface area (Å²) in [5.41, 5.74) is 7.47. The summed E-state index contributed by atoms with van der Waals surface area (Å²) in [7, 11) is 0. The van der Waals surface area contributed by atoms with Crippen LogP contribution in [0.1, 0.15) is 10.5 Å². The van der Waals surface area contributed by atoms with Gasteiger partial charge in [-0.2, -0.15) is 0 Å². The maximum Gasteiger partial charge on any atom is 0.275 e. The molecule has 1 aliphatic heterocycles. The van der Waals surface area contributed by atoms with Gasteiger partial charge in [-0.15, -0.1) is 0 Å². The Morgan fingerprint density at radius 2 is 2.15 bits per heavy atom. The Hall–Kier alpha value is -2.34. The number of nitrogens with one attached hydrogen (secondary N) is 1. The average Bonchev–Trinajstić information content (AvgIpc) is 2.97. The number of piperazine rings is 1. The third-order valence-corrected chi connectivity index (χ3v) is 3.26. The first-order valence-corrected chi connectivity index (χ1v) is 6.55. The van der Waals surface area contributed by atoms with Gasteiger partial charge in [0.25, 0.3) is 5.91 Å². The number of carbonyl (C=O) groups is 1. The van der Waals surface area contributed by atoms with Crippen molar-refractivity contribution in [1.29, 1.82) is 0 Å². The van der Waals surface area contributed by atoms with Gasteiger partial charge < -0.3 is 20.4 Å². The maximum atomic E-state index is 12.3. The molecule has 6 nitrogen and oxygen atoms in total. The quantitative estimate of drug-likeness (QED) is 0.796. The van der Waals surface area contributed by atoms with Crippen LogP contribution in [-0.2, 0) is 0 Å². The van der Waals surface area contributed by atoms with E-state index in [2.05, 4.69) is 10.3 Å². The predicted molar refractivity (Wildman–Crippen MR) is 75.1 cm³/mol. The van der Waals surface area contributed by atoms with E-state index in [9.17, 15) is 4.79 Å². The van der Waals surface area contributed by atoms with E-state index in [1.54, 1.807) is 17.0 Å². The molecule has 1 amide bonds. The average molecular weight is 272 g/mol. The highest BCUT2D eigenvalue weighted by Gasteiger charge is 2.21. The summed E-state index contributed by atoms with van der Waals surface area (Å²) in [5, 5.41) is 3.21. The third-order valence-electron chi connectivity index (χ3n) is 3.26. The summed E-state index contributed by atoms with van der Waals surface area (Å²) in [6.45, 7) is 3.01. The van der Waals surface area contributed by atoms with E-state index < -0.39 is 0 Å². The Morgan fingerprint density at radius 3 is 2.90 bits per heavy atom. The minimum absolute atomic E-state index is 0.0922. The van der Waals surface area contributed by atoms with Gasteiger partial charge in [0, 0.05) is 37.4 Å². The number of nitrogens with zero attached hydrogens (tertiary/aromatic N) is 2. The maximum absolute atomic E-state index is 12.3. The van der Waals surface area contributed by atoms with E-state index in [1.165, 1.54) is 6.26 Å². The largest absolute Gasteiger partial charge is 0.444 e. The fourth-order valence-electron chi connectivity index (χ4n) is 2.21. The molecule has 1 fully saturated rings. The molecule has 20 heavy (non-hydrogen) atoms. The number of nitrogens with two attached hydrogens (primary N) is 1. The van der Waals surface area contributed by atoms with E-state index in [1.807, 2.05) is 12.1 Å². The van der Waals surface area contributed by atoms with E-state index in [4.69, 9.17) is 10.2 Å². The van der Waals surface area contributed by atoms with Crippen LogP contribution in [0, 0.1) is 0 Å². The van der Waals surface area contributed by atoms with Crippen LogP contribution in [0.2, 0.25) is 0 Å². The molecule has 1 aromatic carbocycles. The number of aromatic nitrogens is 1. The minimum atomic E-state index is -0.0922. The van der Waals surface area contributed by atoms with Crippen molar-refractivity contribution in [3.05, 3.63) is 36.2 Å². The van der Waals surface area contributed by atoms with Crippen molar-refractivity contribution in [2.75, 3.05) is 31.9 Å². The predicted octanol–water partition coefficient (Wildman–Crippen LogP) is 0.969. The van der Waals surface area contributed by atoms with Gasteiger partial charge in [-0.1, -0.05) is 6.07 Å². The molecule has 2 heterocycles. The molecule has 3 N–H and O–H groups in total. The minimum Gasteiger partial charge on any atom is -0.444 e. The molecule has 104 valence electrons. The summed E-state index contributed by atoms with van der Waals surface area (Å²) < 4.78 is 5.39. The molecule has 1 saturated heterocycles. The molecule has 0 bridgehead atoms. The molecule has 1 aliphatic rings. The molecule has 1 aromatic heterocycles. The zero-order valence-electron chi connectivity index (χ0n) is 11.0. The van der Waals surface area contributed by atoms with Gasteiger partial charge in [0.05, 0.1) is 0 Å². The molecule has 0 radical (unpaired) electrons. The van der Waals surface area contributed by atoms with Crippen molar-refractivity contribution in [1.82, 2.24) is 15.2 Å². The molecule has 0 spiro atoms. The molecule has 3 rings (SSSR count). The molecular formula is C14H16N4O2. The van der Waals surface area contributed by atoms with Gasteiger partial charge in [0.2, 0.25) is 5.89 Å². The Morgan fingerprint density at radius 1 is 1.35 bits per heavy atom. The van der Waals surface area contributed by atoms with Crippen molar-refractivity contribution in [2.24, 2.45) is 0 Å². The third kappa shape index (κ3) is 2.50. The van der Waals surface area contributed by atoms with Gasteiger partial charge in [-0.25, -0.2) is 4.98 Å². The fraction of sp³-hybridized carbons (Fsp3) is 0.286. The van der Waals surface area contributed by atoms with E-state index >= 15 is 0 Å². The Balaban J connectivity index is 1.81. The van der Waals surface area contributed by atoms with Crippen LogP contribution in [0.3, 0.4) is 0 Å². The first kappa shape index (κ1) is 12.7. The highest BCUT2D eigenvalue weighted by atomic mass is 16.3. The van der Waals surface area contributed by atoms with Crippen molar-refractivity contribution in [3.63, 3.8) is 0 Å². The Labute approximate surface area is 116 Å². The zero-order valence-corrected chi connectivity index (χ0v) is 11.0. The fourth-order valence-corrected chi connectivity index (χ4v) is 2.21. The standard InChI is InChI=1S/C14H16N4O2/c15-11-3-1-2-10(8-11)13-17-12(9-20-13)14(19)18-6-4-16-5-7-18/h1-3,8-9,16H,4-7,15H2. The highest BCUT2D eigenvalue weighted by Crippen LogP contribution is 2.21. The lowest BCUT2D eigenvalue weighted by Crippen LogP contribution is -2.46. The molecule has 0 atom stereocenters. The van der Waals surface area contributed by atoms with Gasteiger partial charge >= 0.3 is 0 Å². The number of benzene rings is 1. The lowest BCUT2D eigenvalue weighted by atomic mass is 10.2. The van der Waals surface area contributed by atoms with Gasteiger partial charge in [-0.05, 0) is 18.2 Å². The summed E-state index contributed by atoms with van der Waals surface area (Å²) in [4.78, 5) is 18.3. The molecule has 0 unspecified atom stereocenters. The smallest absolute Gasteiger partial charge is 0.275 e. The number of anilines is 1. The van der Waals surface area contributed by atoms with Crippen LogP contribution in [0.5, 0.6) is 0 Å². The van der Waals surface area contributed by atoms with Crippen molar-refractivity contribution in [2.45, 2.75) is 0 Å². The van der Waals surface area contributed by atoms with E-state index in [0.717, 1.165) is 18.7 Å². The van der Waals surface area contributed by atoms with Gasteiger partial charge in [0.1, 0.15) is 6.26 Å². The lowest BCUT2D eigenvalue weighted by molar-refractivity contribution is 0.0730. The monoisotopic (exact) mass is 272 g/mol. The SMILES string of the molecule is Nc1cccc(-c2nc(C(=O)N3CCNCC3)co2)c1. The second-order valence-electron chi connectivity index (χ2n) is 4.71. The molecular weight excluding hydrogens is 256 g/mol. The molecule has 6 heteroatoms. The van der Waals surface area contributed by atoms with Crippen LogP contribution in [0.4, 0.5) is 5.69 Å². The van der Waals surface area contributed by atoms with Crippen LogP contribution in [-0.4, -0.2) is 42.0 Å². The number of rotatable bonds is 2. The van der Waals surface area contributed by atoms with Crippen LogP contribution in [0.25, 0.3) is 11.5 Å². The summed E-state index contributed by atoms with van der Waals surface area (Å²) >= 11 is 0. The number of hydrogen-bond donors (Lipinski definition) is 2. The lowest BCUT2D eigenvalue weighted by Gasteiger charge is -2.26. The summed E-state index contributed by atoms with van der Waals surface area (Å²) in [6, 6.07) is 7.23. The number of nitrogen functional groups attached to an aromatic ring is 1. The summed E-state index contributed by atoms with van der Waals surface area (Å²) in [5.74, 6) is 0.321. The second kappa shape index (κ2) is 5.34. The zero-order chi connectivity index (χ0) is 13.9. The Kier molecular flexibility index (Phi) is 3.39. The number of amides is 1. The van der Waals surface area contributed by atoms with Crippen molar-refractivity contribution < 1.29 is 9.21 Å². The number of carbonyl (C=O) groups excluding carboxylic acids is 1. The first-order valence-electron chi connectivity index (χ1n) is 6.55. The van der Waals surface area contributed by atoms with Crippen molar-refractivity contribution >= 4 is 11.6 Å². The Bertz CT molecular complexity index is 617. The number of hydrogen-bond acceptors (Lipinski definition) is 5. The highest BCUT2D eigenvalue weighted by molar-refractivity contribution is 5.92. The molecule has 0 saturated carbocycles. The van der Waals surface area contributed by atoms with Gasteiger partial charge in [0.15, 0.2) is 5.69 Å². The number of oxazole rings is 1. The van der Waals surface area contributed by atoms with Crippen molar-refractivity contribution in [3.8, 4) is 11.5 Å².